The minimum Gasteiger partial charge on any atom is -0.445 e. The number of allylic oxidation sites excluding steroid dienone is 1. The first-order valence-electron chi connectivity index (χ1n) is 6.77. The Morgan fingerprint density at radius 2 is 1.95 bits per heavy atom. The van der Waals surface area contributed by atoms with Gasteiger partial charge in [0.15, 0.2) is 0 Å². The molecule has 1 aliphatic carbocycles. The Morgan fingerprint density at radius 1 is 1.32 bits per heavy atom. The van der Waals surface area contributed by atoms with E-state index in [0.29, 0.717) is 6.61 Å². The highest BCUT2D eigenvalue weighted by atomic mass is 16.6. The number of ether oxygens (including phenoxy) is 1. The fourth-order valence-corrected chi connectivity index (χ4v) is 2.37. The van der Waals surface area contributed by atoms with Gasteiger partial charge in [0.05, 0.1) is 0 Å². The number of carbonyl (C=O) groups is 1. The van der Waals surface area contributed by atoms with Crippen molar-refractivity contribution in [2.75, 3.05) is 7.05 Å². The summed E-state index contributed by atoms with van der Waals surface area (Å²) in [5.41, 5.74) is 2.31. The Kier molecular flexibility index (Phi) is 4.61. The van der Waals surface area contributed by atoms with Crippen molar-refractivity contribution in [3.8, 4) is 0 Å². The zero-order valence-electron chi connectivity index (χ0n) is 11.5. The fraction of sp³-hybridized carbons (Fsp3) is 0.438. The van der Waals surface area contributed by atoms with Crippen LogP contribution in [-0.4, -0.2) is 24.1 Å². The molecule has 1 aliphatic rings. The third kappa shape index (κ3) is 3.85. The van der Waals surface area contributed by atoms with Crippen molar-refractivity contribution in [1.82, 2.24) is 4.90 Å². The molecule has 0 unspecified atom stereocenters. The SMILES string of the molecule is C=C1CCC(N(C)C(=O)OCc2ccccc2)CC1. The van der Waals surface area contributed by atoms with Crippen LogP contribution in [0.2, 0.25) is 0 Å². The maximum atomic E-state index is 12.0. The molecule has 0 spiro atoms. The third-order valence-corrected chi connectivity index (χ3v) is 3.70. The van der Waals surface area contributed by atoms with Crippen molar-refractivity contribution in [2.24, 2.45) is 0 Å². The first-order valence-corrected chi connectivity index (χ1v) is 6.77. The molecule has 19 heavy (non-hydrogen) atoms. The molecule has 3 heteroatoms. The van der Waals surface area contributed by atoms with Gasteiger partial charge >= 0.3 is 6.09 Å². The Labute approximate surface area is 114 Å². The standard InChI is InChI=1S/C16H21NO2/c1-13-8-10-15(11-9-13)17(2)16(18)19-12-14-6-4-3-5-7-14/h3-7,15H,1,8-12H2,2H3. The lowest BCUT2D eigenvalue weighted by Crippen LogP contribution is -2.38. The van der Waals surface area contributed by atoms with Gasteiger partial charge in [0.1, 0.15) is 6.61 Å². The molecule has 0 heterocycles. The molecule has 1 fully saturated rings. The summed E-state index contributed by atoms with van der Waals surface area (Å²) in [6.45, 7) is 4.33. The molecule has 1 saturated carbocycles. The molecule has 0 N–H and O–H groups in total. The van der Waals surface area contributed by atoms with E-state index in [9.17, 15) is 4.79 Å². The Balaban J connectivity index is 1.81. The van der Waals surface area contributed by atoms with E-state index in [1.165, 1.54) is 5.57 Å². The van der Waals surface area contributed by atoms with Gasteiger partial charge in [0.2, 0.25) is 0 Å². The average molecular weight is 259 g/mol. The van der Waals surface area contributed by atoms with Gasteiger partial charge in [-0.3, -0.25) is 0 Å². The van der Waals surface area contributed by atoms with Crippen molar-refractivity contribution < 1.29 is 9.53 Å². The predicted octanol–water partition coefficient (Wildman–Crippen LogP) is 3.75. The van der Waals surface area contributed by atoms with E-state index in [1.54, 1.807) is 4.90 Å². The molecule has 2 rings (SSSR count). The maximum absolute atomic E-state index is 12.0. The molecule has 0 radical (unpaired) electrons. The van der Waals surface area contributed by atoms with Crippen LogP contribution >= 0.6 is 0 Å². The molecule has 0 bridgehead atoms. The summed E-state index contributed by atoms with van der Waals surface area (Å²) in [5, 5.41) is 0. The second kappa shape index (κ2) is 6.41. The van der Waals surface area contributed by atoms with Crippen LogP contribution in [0, 0.1) is 0 Å². The van der Waals surface area contributed by atoms with Crippen LogP contribution in [0.4, 0.5) is 4.79 Å². The third-order valence-electron chi connectivity index (χ3n) is 3.70. The second-order valence-corrected chi connectivity index (χ2v) is 5.13. The minimum absolute atomic E-state index is 0.235. The van der Waals surface area contributed by atoms with E-state index in [0.717, 1.165) is 31.2 Å². The number of hydrogen-bond acceptors (Lipinski definition) is 2. The van der Waals surface area contributed by atoms with Crippen LogP contribution in [0.25, 0.3) is 0 Å². The summed E-state index contributed by atoms with van der Waals surface area (Å²) >= 11 is 0. The lowest BCUT2D eigenvalue weighted by molar-refractivity contribution is 0.0858. The van der Waals surface area contributed by atoms with Gasteiger partial charge in [-0.05, 0) is 31.2 Å². The zero-order chi connectivity index (χ0) is 13.7. The summed E-state index contributed by atoms with van der Waals surface area (Å²) in [6.07, 6.45) is 3.79. The molecule has 1 aromatic carbocycles. The monoisotopic (exact) mass is 259 g/mol. The van der Waals surface area contributed by atoms with E-state index in [2.05, 4.69) is 6.58 Å². The number of amides is 1. The average Bonchev–Trinajstić information content (AvgIpc) is 2.46. The van der Waals surface area contributed by atoms with Crippen molar-refractivity contribution in [2.45, 2.75) is 38.3 Å². The number of nitrogens with zero attached hydrogens (tertiary/aromatic N) is 1. The molecular formula is C16H21NO2. The number of carbonyl (C=O) groups excluding carboxylic acids is 1. The molecule has 0 atom stereocenters. The van der Waals surface area contributed by atoms with Gasteiger partial charge < -0.3 is 9.64 Å². The van der Waals surface area contributed by atoms with Gasteiger partial charge in [0.25, 0.3) is 0 Å². The summed E-state index contributed by atoms with van der Waals surface area (Å²) < 4.78 is 5.33. The van der Waals surface area contributed by atoms with Gasteiger partial charge in [-0.1, -0.05) is 42.5 Å². The van der Waals surface area contributed by atoms with Gasteiger partial charge in [-0.15, -0.1) is 0 Å². The lowest BCUT2D eigenvalue weighted by atomic mass is 9.91. The largest absolute Gasteiger partial charge is 0.445 e. The van der Waals surface area contributed by atoms with Crippen LogP contribution in [0.1, 0.15) is 31.2 Å². The topological polar surface area (TPSA) is 29.5 Å². The van der Waals surface area contributed by atoms with E-state index < -0.39 is 0 Å². The highest BCUT2D eigenvalue weighted by molar-refractivity contribution is 5.67. The van der Waals surface area contributed by atoms with Gasteiger partial charge in [-0.2, -0.15) is 0 Å². The Hall–Kier alpha value is -1.77. The summed E-state index contributed by atoms with van der Waals surface area (Å²) in [6, 6.07) is 10.0. The molecule has 0 aliphatic heterocycles. The summed E-state index contributed by atoms with van der Waals surface area (Å²) in [4.78, 5) is 13.7. The smallest absolute Gasteiger partial charge is 0.410 e. The Morgan fingerprint density at radius 3 is 2.58 bits per heavy atom. The van der Waals surface area contributed by atoms with Crippen LogP contribution in [0.5, 0.6) is 0 Å². The number of hydrogen-bond donors (Lipinski definition) is 0. The lowest BCUT2D eigenvalue weighted by Gasteiger charge is -2.31. The second-order valence-electron chi connectivity index (χ2n) is 5.13. The number of benzene rings is 1. The van der Waals surface area contributed by atoms with Gasteiger partial charge in [-0.25, -0.2) is 4.79 Å². The molecule has 0 aromatic heterocycles. The summed E-state index contributed by atoms with van der Waals surface area (Å²) in [5.74, 6) is 0. The fourth-order valence-electron chi connectivity index (χ4n) is 2.37. The van der Waals surface area contributed by atoms with Crippen LogP contribution in [-0.2, 0) is 11.3 Å². The Bertz CT molecular complexity index is 431. The molecule has 3 nitrogen and oxygen atoms in total. The van der Waals surface area contributed by atoms with Crippen molar-refractivity contribution in [3.63, 3.8) is 0 Å². The van der Waals surface area contributed by atoms with E-state index >= 15 is 0 Å². The van der Waals surface area contributed by atoms with Crippen molar-refractivity contribution >= 4 is 6.09 Å². The van der Waals surface area contributed by atoms with Crippen LogP contribution in [0.15, 0.2) is 42.5 Å². The van der Waals surface area contributed by atoms with E-state index in [1.807, 2.05) is 37.4 Å². The van der Waals surface area contributed by atoms with Crippen molar-refractivity contribution in [3.05, 3.63) is 48.0 Å². The highest BCUT2D eigenvalue weighted by Crippen LogP contribution is 2.25. The van der Waals surface area contributed by atoms with Crippen LogP contribution in [0.3, 0.4) is 0 Å². The minimum atomic E-state index is -0.235. The highest BCUT2D eigenvalue weighted by Gasteiger charge is 2.24. The van der Waals surface area contributed by atoms with Crippen molar-refractivity contribution in [1.29, 1.82) is 0 Å². The molecule has 1 amide bonds. The first kappa shape index (κ1) is 13.7. The van der Waals surface area contributed by atoms with Gasteiger partial charge in [0, 0.05) is 13.1 Å². The maximum Gasteiger partial charge on any atom is 0.410 e. The molecule has 102 valence electrons. The molecule has 1 aromatic rings. The van der Waals surface area contributed by atoms with E-state index in [4.69, 9.17) is 4.74 Å². The quantitative estimate of drug-likeness (QED) is 0.774. The normalized spacial score (nSPS) is 16.2. The first-order chi connectivity index (χ1) is 9.16. The van der Waals surface area contributed by atoms with E-state index in [-0.39, 0.29) is 12.1 Å². The molecule has 0 saturated heterocycles. The predicted molar refractivity (Wildman–Crippen MR) is 75.8 cm³/mol. The summed E-state index contributed by atoms with van der Waals surface area (Å²) in [7, 11) is 1.83. The number of rotatable bonds is 3. The zero-order valence-corrected chi connectivity index (χ0v) is 11.5. The molecular weight excluding hydrogens is 238 g/mol. The van der Waals surface area contributed by atoms with Crippen LogP contribution < -0.4 is 0 Å².